The van der Waals surface area contributed by atoms with Gasteiger partial charge in [0.2, 0.25) is 0 Å². The van der Waals surface area contributed by atoms with Gasteiger partial charge in [0.15, 0.2) is 0 Å². The molecule has 4 heteroatoms. The average molecular weight is 223 g/mol. The van der Waals surface area contributed by atoms with E-state index in [1.165, 1.54) is 0 Å². The predicted octanol–water partition coefficient (Wildman–Crippen LogP) is 1.54. The van der Waals surface area contributed by atoms with Crippen LogP contribution in [-0.4, -0.2) is 40.5 Å². The van der Waals surface area contributed by atoms with Gasteiger partial charge in [0.25, 0.3) is 0 Å². The highest BCUT2D eigenvalue weighted by molar-refractivity contribution is 5.68. The molecule has 0 unspecified atom stereocenters. The summed E-state index contributed by atoms with van der Waals surface area (Å²) >= 11 is 0. The van der Waals surface area contributed by atoms with Gasteiger partial charge in [0.1, 0.15) is 23.3 Å². The second kappa shape index (κ2) is 4.61. The summed E-state index contributed by atoms with van der Waals surface area (Å²) in [6.07, 6.45) is 0.0783. The minimum atomic E-state index is 0.0783. The molecule has 0 N–H and O–H groups in total. The number of anilines is 1. The fraction of sp³-hybridized carbons (Fsp3) is 0.500. The van der Waals surface area contributed by atoms with Crippen molar-refractivity contribution in [2.75, 3.05) is 39.3 Å². The van der Waals surface area contributed by atoms with Gasteiger partial charge < -0.3 is 19.1 Å². The molecule has 1 atom stereocenters. The Balaban J connectivity index is 2.30. The van der Waals surface area contributed by atoms with Crippen molar-refractivity contribution in [3.8, 4) is 11.5 Å². The van der Waals surface area contributed by atoms with Crippen molar-refractivity contribution in [3.63, 3.8) is 0 Å². The molecule has 2 rings (SSSR count). The van der Waals surface area contributed by atoms with E-state index in [4.69, 9.17) is 14.2 Å². The fourth-order valence-electron chi connectivity index (χ4n) is 2.02. The predicted molar refractivity (Wildman–Crippen MR) is 62.6 cm³/mol. The third-order valence-electron chi connectivity index (χ3n) is 2.69. The van der Waals surface area contributed by atoms with Crippen LogP contribution < -0.4 is 14.4 Å². The van der Waals surface area contributed by atoms with Crippen LogP contribution in [0.15, 0.2) is 18.2 Å². The first-order valence-corrected chi connectivity index (χ1v) is 5.30. The summed E-state index contributed by atoms with van der Waals surface area (Å²) < 4.78 is 16.3. The van der Waals surface area contributed by atoms with Crippen LogP contribution in [-0.2, 0) is 4.74 Å². The normalized spacial score (nSPS) is 18.9. The van der Waals surface area contributed by atoms with Gasteiger partial charge in [-0.15, -0.1) is 0 Å². The molecule has 1 aromatic carbocycles. The number of para-hydroxylation sites is 1. The van der Waals surface area contributed by atoms with Crippen LogP contribution in [0, 0.1) is 0 Å². The molecule has 0 radical (unpaired) electrons. The molecule has 16 heavy (non-hydrogen) atoms. The third kappa shape index (κ3) is 1.93. The highest BCUT2D eigenvalue weighted by Gasteiger charge is 2.25. The van der Waals surface area contributed by atoms with E-state index in [-0.39, 0.29) is 6.10 Å². The molecule has 0 aromatic heterocycles. The molecule has 4 nitrogen and oxygen atoms in total. The van der Waals surface area contributed by atoms with E-state index < -0.39 is 0 Å². The Kier molecular flexibility index (Phi) is 3.19. The maximum absolute atomic E-state index is 5.84. The number of likely N-dealkylation sites (N-methyl/N-ethyl adjacent to an activating group) is 1. The largest absolute Gasteiger partial charge is 0.494 e. The fourth-order valence-corrected chi connectivity index (χ4v) is 2.02. The van der Waals surface area contributed by atoms with E-state index >= 15 is 0 Å². The average Bonchev–Trinajstić information content (AvgIpc) is 2.28. The Morgan fingerprint density at radius 3 is 2.94 bits per heavy atom. The lowest BCUT2D eigenvalue weighted by atomic mass is 10.2. The van der Waals surface area contributed by atoms with Gasteiger partial charge in [-0.05, 0) is 12.1 Å². The Labute approximate surface area is 95.7 Å². The highest BCUT2D eigenvalue weighted by Crippen LogP contribution is 2.40. The number of rotatable bonds is 3. The van der Waals surface area contributed by atoms with E-state index in [2.05, 4.69) is 4.90 Å². The molecule has 0 fully saturated rings. The number of ether oxygens (including phenoxy) is 3. The molecule has 0 spiro atoms. The summed E-state index contributed by atoms with van der Waals surface area (Å²) in [7, 11) is 5.39. The number of nitrogens with zero attached hydrogens (tertiary/aromatic N) is 1. The van der Waals surface area contributed by atoms with Crippen LogP contribution in [0.1, 0.15) is 0 Å². The van der Waals surface area contributed by atoms with Crippen molar-refractivity contribution < 1.29 is 14.2 Å². The summed E-state index contributed by atoms with van der Waals surface area (Å²) in [5.74, 6) is 1.70. The second-order valence-electron chi connectivity index (χ2n) is 3.88. The number of benzene rings is 1. The van der Waals surface area contributed by atoms with Crippen molar-refractivity contribution in [2.45, 2.75) is 6.10 Å². The van der Waals surface area contributed by atoms with E-state index in [0.717, 1.165) is 23.7 Å². The molecule has 0 saturated heterocycles. The molecule has 88 valence electrons. The Hall–Kier alpha value is -1.42. The van der Waals surface area contributed by atoms with Crippen LogP contribution in [0.5, 0.6) is 11.5 Å². The standard InChI is InChI=1S/C12H17NO3/c1-13-7-9(8-14-2)16-11-6-4-5-10(15-3)12(11)13/h4-6,9H,7-8H2,1-3H3/t9-/m0/s1. The van der Waals surface area contributed by atoms with Gasteiger partial charge in [-0.1, -0.05) is 6.07 Å². The first kappa shape index (κ1) is 11.1. The lowest BCUT2D eigenvalue weighted by molar-refractivity contribution is 0.0798. The second-order valence-corrected chi connectivity index (χ2v) is 3.88. The van der Waals surface area contributed by atoms with Crippen LogP contribution in [0.2, 0.25) is 0 Å². The molecule has 1 aliphatic heterocycles. The number of hydrogen-bond acceptors (Lipinski definition) is 4. The summed E-state index contributed by atoms with van der Waals surface area (Å²) in [5.41, 5.74) is 1.01. The van der Waals surface area contributed by atoms with E-state index in [0.29, 0.717) is 6.61 Å². The van der Waals surface area contributed by atoms with Crippen LogP contribution in [0.25, 0.3) is 0 Å². The van der Waals surface area contributed by atoms with E-state index in [1.54, 1.807) is 14.2 Å². The zero-order valence-electron chi connectivity index (χ0n) is 9.90. The number of fused-ring (bicyclic) bond motifs is 1. The molecule has 1 heterocycles. The Morgan fingerprint density at radius 1 is 1.44 bits per heavy atom. The molecule has 1 aromatic rings. The summed E-state index contributed by atoms with van der Waals surface area (Å²) in [5, 5.41) is 0. The van der Waals surface area contributed by atoms with Crippen molar-refractivity contribution in [3.05, 3.63) is 18.2 Å². The molecule has 0 saturated carbocycles. The maximum Gasteiger partial charge on any atom is 0.147 e. The summed E-state index contributed by atoms with van der Waals surface area (Å²) in [6.45, 7) is 1.40. The monoisotopic (exact) mass is 223 g/mol. The van der Waals surface area contributed by atoms with Crippen molar-refractivity contribution >= 4 is 5.69 Å². The molecule has 0 bridgehead atoms. The number of hydrogen-bond donors (Lipinski definition) is 0. The first-order valence-electron chi connectivity index (χ1n) is 5.30. The lowest BCUT2D eigenvalue weighted by Gasteiger charge is -2.34. The van der Waals surface area contributed by atoms with Crippen molar-refractivity contribution in [2.24, 2.45) is 0 Å². The van der Waals surface area contributed by atoms with E-state index in [9.17, 15) is 0 Å². The molecule has 0 aliphatic carbocycles. The minimum absolute atomic E-state index is 0.0783. The van der Waals surface area contributed by atoms with Gasteiger partial charge in [0, 0.05) is 14.2 Å². The molecular formula is C12H17NO3. The quantitative estimate of drug-likeness (QED) is 0.777. The molecule has 0 amide bonds. The highest BCUT2D eigenvalue weighted by atomic mass is 16.5. The Morgan fingerprint density at radius 2 is 2.25 bits per heavy atom. The van der Waals surface area contributed by atoms with E-state index in [1.807, 2.05) is 25.2 Å². The number of methoxy groups -OCH3 is 2. The lowest BCUT2D eigenvalue weighted by Crippen LogP contribution is -2.40. The zero-order valence-corrected chi connectivity index (χ0v) is 9.90. The smallest absolute Gasteiger partial charge is 0.147 e. The van der Waals surface area contributed by atoms with Crippen LogP contribution in [0.4, 0.5) is 5.69 Å². The van der Waals surface area contributed by atoms with Gasteiger partial charge in [-0.2, -0.15) is 0 Å². The van der Waals surface area contributed by atoms with Crippen molar-refractivity contribution in [1.29, 1.82) is 0 Å². The summed E-state index contributed by atoms with van der Waals surface area (Å²) in [6, 6.07) is 5.83. The van der Waals surface area contributed by atoms with Gasteiger partial charge in [-0.3, -0.25) is 0 Å². The van der Waals surface area contributed by atoms with Gasteiger partial charge in [-0.25, -0.2) is 0 Å². The zero-order chi connectivity index (χ0) is 11.5. The summed E-state index contributed by atoms with van der Waals surface area (Å²) in [4.78, 5) is 2.14. The Bertz CT molecular complexity index is 367. The SMILES string of the molecule is COC[C@@H]1CN(C)c2c(OC)cccc2O1. The maximum atomic E-state index is 5.84. The first-order chi connectivity index (χ1) is 7.76. The van der Waals surface area contributed by atoms with Crippen LogP contribution >= 0.6 is 0 Å². The minimum Gasteiger partial charge on any atom is -0.494 e. The van der Waals surface area contributed by atoms with Crippen LogP contribution in [0.3, 0.4) is 0 Å². The molecular weight excluding hydrogens is 206 g/mol. The van der Waals surface area contributed by atoms with Gasteiger partial charge in [0.05, 0.1) is 20.3 Å². The van der Waals surface area contributed by atoms with Crippen molar-refractivity contribution in [1.82, 2.24) is 0 Å². The van der Waals surface area contributed by atoms with Gasteiger partial charge >= 0.3 is 0 Å². The topological polar surface area (TPSA) is 30.9 Å². The molecule has 1 aliphatic rings. The third-order valence-corrected chi connectivity index (χ3v) is 2.69.